The van der Waals surface area contributed by atoms with Crippen LogP contribution in [-0.4, -0.2) is 14.1 Å². The van der Waals surface area contributed by atoms with Gasteiger partial charge in [0.15, 0.2) is 0 Å². The summed E-state index contributed by atoms with van der Waals surface area (Å²) in [6.07, 6.45) is 5.38. The van der Waals surface area contributed by atoms with Crippen LogP contribution >= 0.6 is 0 Å². The second kappa shape index (κ2) is 17.8. The molecule has 0 spiro atoms. The molecule has 11 aromatic rings. The number of para-hydroxylation sites is 4. The van der Waals surface area contributed by atoms with Gasteiger partial charge in [-0.1, -0.05) is 185 Å². The van der Waals surface area contributed by atoms with Crippen molar-refractivity contribution in [1.82, 2.24) is 14.1 Å². The van der Waals surface area contributed by atoms with Crippen LogP contribution in [0.1, 0.15) is 65.4 Å². The Labute approximate surface area is 420 Å². The molecular formula is C61H48N4OPt-2. The first-order chi connectivity index (χ1) is 36.3. The molecule has 0 bridgehead atoms. The van der Waals surface area contributed by atoms with E-state index in [0.29, 0.717) is 28.2 Å². The summed E-state index contributed by atoms with van der Waals surface area (Å²) >= 11 is 0. The van der Waals surface area contributed by atoms with E-state index in [1.165, 1.54) is 5.56 Å². The standard InChI is InChI=1S/C61H48N4O.Pt/c1-41(2)53-38-59(62-39-54(53)44-30-32-45(33-31-44)61(3,4)5)65-55-27-13-12-24-51(55)52-35-34-48(37-58(52)65)66-47-23-16-22-46(36-47)63-40-64(57-29-15-14-28-56(57)63)60-49(42-18-8-6-9-19-42)25-17-26-50(60)43-20-10-7-11-21-43;/h6-35,38-39,41H,1-5H3;/q-2;/i6D,7D,8D,9D,10D,11D,18D,19D,20D,21D;. The van der Waals surface area contributed by atoms with Crippen molar-refractivity contribution >= 4 is 32.8 Å². The molecule has 0 aliphatic carbocycles. The molecule has 5 nitrogen and oxygen atoms in total. The third-order valence-electron chi connectivity index (χ3n) is 12.0. The number of nitrogens with zero attached hydrogens (tertiary/aromatic N) is 4. The summed E-state index contributed by atoms with van der Waals surface area (Å²) in [5.41, 5.74) is 8.20. The molecule has 0 amide bonds. The molecule has 0 aliphatic rings. The Morgan fingerprint density at radius 2 is 1.27 bits per heavy atom. The molecule has 8 aromatic carbocycles. The molecule has 67 heavy (non-hydrogen) atoms. The minimum absolute atomic E-state index is 0. The van der Waals surface area contributed by atoms with Gasteiger partial charge in [-0.3, -0.25) is 4.57 Å². The normalized spacial score (nSPS) is 13.8. The Morgan fingerprint density at radius 1 is 0.627 bits per heavy atom. The summed E-state index contributed by atoms with van der Waals surface area (Å²) in [4.78, 5) is 5.11. The zero-order valence-electron chi connectivity index (χ0n) is 47.3. The van der Waals surface area contributed by atoms with Gasteiger partial charge in [0.1, 0.15) is 5.82 Å². The molecule has 0 unspecified atom stereocenters. The molecule has 0 fully saturated rings. The summed E-state index contributed by atoms with van der Waals surface area (Å²) in [5, 5.41) is 2.01. The zero-order chi connectivity index (χ0) is 53.6. The van der Waals surface area contributed by atoms with Crippen LogP contribution in [0, 0.1) is 18.5 Å². The van der Waals surface area contributed by atoms with E-state index in [1.807, 2.05) is 66.9 Å². The van der Waals surface area contributed by atoms with Crippen molar-refractivity contribution in [2.45, 2.75) is 46.0 Å². The fourth-order valence-corrected chi connectivity index (χ4v) is 8.73. The summed E-state index contributed by atoms with van der Waals surface area (Å²) in [7, 11) is 0. The van der Waals surface area contributed by atoms with Gasteiger partial charge in [0, 0.05) is 49.8 Å². The maximum atomic E-state index is 9.03. The maximum absolute atomic E-state index is 9.03. The Kier molecular flexibility index (Phi) is 8.82. The van der Waals surface area contributed by atoms with Crippen molar-refractivity contribution < 1.29 is 44.1 Å². The van der Waals surface area contributed by atoms with Crippen LogP contribution in [0.5, 0.6) is 11.5 Å². The minimum atomic E-state index is -0.573. The van der Waals surface area contributed by atoms with E-state index in [2.05, 4.69) is 100 Å². The topological polar surface area (TPSA) is 35.9 Å². The van der Waals surface area contributed by atoms with Crippen molar-refractivity contribution in [2.75, 3.05) is 0 Å². The molecule has 330 valence electrons. The Balaban J connectivity index is 0.00000672. The zero-order valence-corrected chi connectivity index (χ0v) is 39.6. The fraction of sp³-hybridized carbons (Fsp3) is 0.115. The molecule has 0 atom stereocenters. The van der Waals surface area contributed by atoms with Gasteiger partial charge in [0.25, 0.3) is 6.33 Å². The Morgan fingerprint density at radius 3 is 1.96 bits per heavy atom. The predicted octanol–water partition coefficient (Wildman–Crippen LogP) is 15.0. The van der Waals surface area contributed by atoms with Crippen LogP contribution in [0.15, 0.2) is 194 Å². The number of ether oxygens (including phenoxy) is 1. The van der Waals surface area contributed by atoms with E-state index in [1.54, 1.807) is 33.4 Å². The number of pyridine rings is 1. The number of fused-ring (bicyclic) bond motifs is 4. The van der Waals surface area contributed by atoms with E-state index >= 15 is 0 Å². The van der Waals surface area contributed by atoms with Gasteiger partial charge < -0.3 is 13.9 Å². The molecule has 3 heterocycles. The molecule has 3 aromatic heterocycles. The predicted molar refractivity (Wildman–Crippen MR) is 269 cm³/mol. The fourth-order valence-electron chi connectivity index (χ4n) is 8.73. The summed E-state index contributed by atoms with van der Waals surface area (Å²) < 4.78 is 99.3. The van der Waals surface area contributed by atoms with Gasteiger partial charge in [-0.2, -0.15) is 18.2 Å². The van der Waals surface area contributed by atoms with Crippen LogP contribution in [0.3, 0.4) is 0 Å². The van der Waals surface area contributed by atoms with E-state index in [0.717, 1.165) is 44.3 Å². The van der Waals surface area contributed by atoms with E-state index in [-0.39, 0.29) is 60.3 Å². The van der Waals surface area contributed by atoms with E-state index in [9.17, 15) is 0 Å². The SMILES string of the molecule is [2H]c1c([2H])c([2H])c(-c2cccc(-c3c([2H])c([2H])c([2H])c([2H])c3[2H])c2-[n+]2[c-]n(-c3[c-]c(Oc4[c-]c5c(cc4)c4ccccc4n5-c4cc(C(C)C)c(-c5ccc(C(C)(C)C)cc5)cn4)ccc3)c3ccccc32)c([2H])c1[2H].[Pt]. The Bertz CT molecular complexity index is 4040. The number of benzene rings is 8. The van der Waals surface area contributed by atoms with Gasteiger partial charge in [0.2, 0.25) is 0 Å². The molecule has 0 saturated carbocycles. The molecule has 0 aliphatic heterocycles. The van der Waals surface area contributed by atoms with Crippen LogP contribution in [0.4, 0.5) is 0 Å². The molecule has 0 N–H and O–H groups in total. The molecule has 0 radical (unpaired) electrons. The summed E-state index contributed by atoms with van der Waals surface area (Å²) in [6.45, 7) is 11.0. The summed E-state index contributed by atoms with van der Waals surface area (Å²) in [6, 6.07) is 42.2. The van der Waals surface area contributed by atoms with Crippen LogP contribution in [0.2, 0.25) is 0 Å². The van der Waals surface area contributed by atoms with Crippen LogP contribution in [-0.2, 0) is 26.5 Å². The number of rotatable bonds is 9. The van der Waals surface area contributed by atoms with Crippen LogP contribution in [0.25, 0.3) is 83.4 Å². The average molecular weight is 1060 g/mol. The first-order valence-corrected chi connectivity index (χ1v) is 21.8. The summed E-state index contributed by atoms with van der Waals surface area (Å²) in [5.74, 6) is 1.73. The first-order valence-electron chi connectivity index (χ1n) is 26.8. The number of imidazole rings is 1. The smallest absolute Gasteiger partial charge is 0.268 e. The molecule has 0 saturated heterocycles. The largest absolute Gasteiger partial charge is 0.510 e. The third-order valence-corrected chi connectivity index (χ3v) is 12.0. The minimum Gasteiger partial charge on any atom is -0.510 e. The van der Waals surface area contributed by atoms with Crippen molar-refractivity contribution in [1.29, 1.82) is 0 Å². The van der Waals surface area contributed by atoms with Crippen molar-refractivity contribution in [3.05, 3.63) is 224 Å². The van der Waals surface area contributed by atoms with Gasteiger partial charge in [-0.25, -0.2) is 4.98 Å². The van der Waals surface area contributed by atoms with Gasteiger partial charge >= 0.3 is 0 Å². The van der Waals surface area contributed by atoms with Gasteiger partial charge in [0.05, 0.1) is 30.4 Å². The third kappa shape index (κ3) is 8.08. The number of aromatic nitrogens is 4. The van der Waals surface area contributed by atoms with E-state index < -0.39 is 60.4 Å². The van der Waals surface area contributed by atoms with Gasteiger partial charge in [-0.15, -0.1) is 29.7 Å². The monoisotopic (exact) mass is 1060 g/mol. The molecule has 11 rings (SSSR count). The molecular weight excluding hydrogens is 1000 g/mol. The molecule has 6 heteroatoms. The number of hydrogen-bond acceptors (Lipinski definition) is 2. The first kappa shape index (κ1) is 33.2. The second-order valence-corrected chi connectivity index (χ2v) is 17.5. The number of hydrogen-bond donors (Lipinski definition) is 0. The van der Waals surface area contributed by atoms with Crippen molar-refractivity contribution in [3.8, 4) is 62.1 Å². The second-order valence-electron chi connectivity index (χ2n) is 17.5. The van der Waals surface area contributed by atoms with Crippen molar-refractivity contribution in [2.24, 2.45) is 0 Å². The quantitative estimate of drug-likeness (QED) is 0.107. The maximum Gasteiger partial charge on any atom is 0.268 e. The van der Waals surface area contributed by atoms with Crippen molar-refractivity contribution in [3.63, 3.8) is 0 Å². The average Bonchev–Trinajstić information content (AvgIpc) is 4.01. The van der Waals surface area contributed by atoms with Crippen LogP contribution < -0.4 is 9.30 Å². The Hall–Kier alpha value is -7.33. The van der Waals surface area contributed by atoms with Gasteiger partial charge in [-0.05, 0) is 73.5 Å². The van der Waals surface area contributed by atoms with E-state index in [4.69, 9.17) is 23.4 Å².